The molecular weight excluding hydrogens is 394 g/mol. The van der Waals surface area contributed by atoms with Crippen molar-refractivity contribution in [2.45, 2.75) is 6.92 Å². The number of rotatable bonds is 6. The molecule has 31 heavy (non-hydrogen) atoms. The van der Waals surface area contributed by atoms with Crippen LogP contribution in [0.25, 0.3) is 16.9 Å². The van der Waals surface area contributed by atoms with Crippen LogP contribution in [0.4, 0.5) is 5.82 Å². The van der Waals surface area contributed by atoms with Crippen LogP contribution in [0.1, 0.15) is 27.6 Å². The van der Waals surface area contributed by atoms with E-state index in [2.05, 4.69) is 15.5 Å². The number of carbonyl (C=O) groups excluding carboxylic acids is 2. The molecule has 0 saturated carbocycles. The summed E-state index contributed by atoms with van der Waals surface area (Å²) in [6.45, 7) is 1.94. The molecule has 4 rings (SSSR count). The van der Waals surface area contributed by atoms with Crippen molar-refractivity contribution in [3.05, 3.63) is 84.2 Å². The highest BCUT2D eigenvalue weighted by Gasteiger charge is 2.23. The standard InChI is InChI=1S/C23H21N5O3/c1-3-31-23(30)18-14-24-27(2)21(18)25-22(29)19-15-28(17-12-8-5-9-13-17)26-20(19)16-10-6-4-7-11-16/h4-15H,3H2,1-2H3,(H,25,29). The molecular formula is C23H21N5O3. The maximum Gasteiger partial charge on any atom is 0.343 e. The van der Waals surface area contributed by atoms with Crippen LogP contribution in [0.5, 0.6) is 0 Å². The fraction of sp³-hybridized carbons (Fsp3) is 0.130. The van der Waals surface area contributed by atoms with Crippen LogP contribution in [-0.2, 0) is 11.8 Å². The van der Waals surface area contributed by atoms with Gasteiger partial charge in [0.2, 0.25) is 0 Å². The van der Waals surface area contributed by atoms with Gasteiger partial charge < -0.3 is 10.1 Å². The van der Waals surface area contributed by atoms with E-state index in [-0.39, 0.29) is 18.0 Å². The average Bonchev–Trinajstić information content (AvgIpc) is 3.40. The van der Waals surface area contributed by atoms with Crippen molar-refractivity contribution in [2.75, 3.05) is 11.9 Å². The molecule has 1 N–H and O–H groups in total. The molecule has 0 aliphatic rings. The van der Waals surface area contributed by atoms with Crippen LogP contribution in [-0.4, -0.2) is 38.0 Å². The highest BCUT2D eigenvalue weighted by atomic mass is 16.5. The summed E-state index contributed by atoms with van der Waals surface area (Å²) in [5.41, 5.74) is 2.71. The van der Waals surface area contributed by atoms with Gasteiger partial charge in [0.05, 0.1) is 24.1 Å². The van der Waals surface area contributed by atoms with E-state index in [4.69, 9.17) is 4.74 Å². The monoisotopic (exact) mass is 415 g/mol. The smallest absolute Gasteiger partial charge is 0.343 e. The van der Waals surface area contributed by atoms with Crippen molar-refractivity contribution in [1.82, 2.24) is 19.6 Å². The number of carbonyl (C=O) groups is 2. The Morgan fingerprint density at radius 3 is 2.35 bits per heavy atom. The number of hydrogen-bond donors (Lipinski definition) is 1. The van der Waals surface area contributed by atoms with Crippen LogP contribution >= 0.6 is 0 Å². The minimum atomic E-state index is -0.547. The third-order valence-corrected chi connectivity index (χ3v) is 4.69. The fourth-order valence-corrected chi connectivity index (χ4v) is 3.18. The Bertz CT molecular complexity index is 1210. The van der Waals surface area contributed by atoms with Crippen molar-refractivity contribution in [3.8, 4) is 16.9 Å². The summed E-state index contributed by atoms with van der Waals surface area (Å²) < 4.78 is 8.15. The maximum absolute atomic E-state index is 13.3. The molecule has 0 fully saturated rings. The number of hydrogen-bond acceptors (Lipinski definition) is 5. The lowest BCUT2D eigenvalue weighted by Crippen LogP contribution is -2.18. The molecule has 0 radical (unpaired) electrons. The summed E-state index contributed by atoms with van der Waals surface area (Å²) in [6, 6.07) is 19.0. The molecule has 0 bridgehead atoms. The van der Waals surface area contributed by atoms with E-state index in [1.54, 1.807) is 24.9 Å². The molecule has 1 amide bonds. The molecule has 0 unspecified atom stereocenters. The normalized spacial score (nSPS) is 10.6. The summed E-state index contributed by atoms with van der Waals surface area (Å²) in [6.07, 6.45) is 3.05. The lowest BCUT2D eigenvalue weighted by Gasteiger charge is -2.08. The van der Waals surface area contributed by atoms with E-state index in [1.165, 1.54) is 10.9 Å². The van der Waals surface area contributed by atoms with Crippen LogP contribution in [0, 0.1) is 0 Å². The quantitative estimate of drug-likeness (QED) is 0.485. The average molecular weight is 415 g/mol. The van der Waals surface area contributed by atoms with E-state index >= 15 is 0 Å². The molecule has 2 heterocycles. The van der Waals surface area contributed by atoms with Gasteiger partial charge in [-0.1, -0.05) is 48.5 Å². The lowest BCUT2D eigenvalue weighted by atomic mass is 10.1. The van der Waals surface area contributed by atoms with Crippen molar-refractivity contribution in [2.24, 2.45) is 7.05 Å². The predicted molar refractivity (Wildman–Crippen MR) is 116 cm³/mol. The minimum absolute atomic E-state index is 0.189. The number of para-hydroxylation sites is 1. The molecule has 0 saturated heterocycles. The molecule has 8 heteroatoms. The van der Waals surface area contributed by atoms with E-state index in [0.29, 0.717) is 11.3 Å². The number of esters is 1. The van der Waals surface area contributed by atoms with Gasteiger partial charge in [0.1, 0.15) is 17.1 Å². The number of aromatic nitrogens is 4. The molecule has 156 valence electrons. The second-order valence-corrected chi connectivity index (χ2v) is 6.74. The van der Waals surface area contributed by atoms with Gasteiger partial charge >= 0.3 is 5.97 Å². The van der Waals surface area contributed by atoms with E-state index < -0.39 is 11.9 Å². The van der Waals surface area contributed by atoms with Crippen molar-refractivity contribution >= 4 is 17.7 Å². The van der Waals surface area contributed by atoms with Crippen molar-refractivity contribution < 1.29 is 14.3 Å². The first kappa shape index (κ1) is 20.1. The number of benzene rings is 2. The van der Waals surface area contributed by atoms with Gasteiger partial charge in [0.15, 0.2) is 0 Å². The van der Waals surface area contributed by atoms with E-state index in [9.17, 15) is 9.59 Å². The molecule has 2 aromatic carbocycles. The van der Waals surface area contributed by atoms with Crippen LogP contribution in [0.3, 0.4) is 0 Å². The molecule has 0 atom stereocenters. The zero-order valence-electron chi connectivity index (χ0n) is 17.1. The zero-order valence-corrected chi connectivity index (χ0v) is 17.1. The molecule has 0 aliphatic heterocycles. The summed E-state index contributed by atoms with van der Waals surface area (Å²) in [5.74, 6) is -0.695. The van der Waals surface area contributed by atoms with Crippen molar-refractivity contribution in [3.63, 3.8) is 0 Å². The number of amides is 1. The van der Waals surface area contributed by atoms with Crippen LogP contribution < -0.4 is 5.32 Å². The minimum Gasteiger partial charge on any atom is -0.462 e. The Hall–Kier alpha value is -4.20. The maximum atomic E-state index is 13.3. The third-order valence-electron chi connectivity index (χ3n) is 4.69. The second-order valence-electron chi connectivity index (χ2n) is 6.74. The topological polar surface area (TPSA) is 91.0 Å². The zero-order chi connectivity index (χ0) is 21.8. The molecule has 0 aliphatic carbocycles. The van der Waals surface area contributed by atoms with Crippen LogP contribution in [0.15, 0.2) is 73.1 Å². The third kappa shape index (κ3) is 4.09. The van der Waals surface area contributed by atoms with Gasteiger partial charge in [-0.3, -0.25) is 9.48 Å². The summed E-state index contributed by atoms with van der Waals surface area (Å²) in [7, 11) is 1.64. The Balaban J connectivity index is 1.74. The highest BCUT2D eigenvalue weighted by molar-refractivity contribution is 6.10. The van der Waals surface area contributed by atoms with Crippen molar-refractivity contribution in [1.29, 1.82) is 0 Å². The molecule has 2 aromatic heterocycles. The molecule has 4 aromatic rings. The van der Waals surface area contributed by atoms with Gasteiger partial charge in [-0.15, -0.1) is 0 Å². The van der Waals surface area contributed by atoms with Crippen LogP contribution in [0.2, 0.25) is 0 Å². The summed E-state index contributed by atoms with van der Waals surface area (Å²) in [4.78, 5) is 25.5. The number of nitrogens with zero attached hydrogens (tertiary/aromatic N) is 4. The summed E-state index contributed by atoms with van der Waals surface area (Å²) in [5, 5.41) is 11.5. The second kappa shape index (κ2) is 8.66. The van der Waals surface area contributed by atoms with E-state index in [0.717, 1.165) is 11.3 Å². The Morgan fingerprint density at radius 2 is 1.68 bits per heavy atom. The largest absolute Gasteiger partial charge is 0.462 e. The molecule has 0 spiro atoms. The highest BCUT2D eigenvalue weighted by Crippen LogP contribution is 2.25. The van der Waals surface area contributed by atoms with E-state index in [1.807, 2.05) is 60.7 Å². The first-order chi connectivity index (χ1) is 15.1. The number of ether oxygens (including phenoxy) is 1. The van der Waals surface area contributed by atoms with Gasteiger partial charge in [0, 0.05) is 18.8 Å². The van der Waals surface area contributed by atoms with Gasteiger partial charge in [0.25, 0.3) is 5.91 Å². The Morgan fingerprint density at radius 1 is 1.00 bits per heavy atom. The van der Waals surface area contributed by atoms with Gasteiger partial charge in [-0.25, -0.2) is 9.48 Å². The Kier molecular flexibility index (Phi) is 5.61. The SMILES string of the molecule is CCOC(=O)c1cnn(C)c1NC(=O)c1cn(-c2ccccc2)nc1-c1ccccc1. The molecule has 8 nitrogen and oxygen atoms in total. The first-order valence-corrected chi connectivity index (χ1v) is 9.79. The first-order valence-electron chi connectivity index (χ1n) is 9.79. The van der Waals surface area contributed by atoms with Gasteiger partial charge in [-0.05, 0) is 19.1 Å². The Labute approximate surface area is 179 Å². The predicted octanol–water partition coefficient (Wildman–Crippen LogP) is 3.70. The fourth-order valence-electron chi connectivity index (χ4n) is 3.18. The number of nitrogens with one attached hydrogen (secondary N) is 1. The number of anilines is 1. The lowest BCUT2D eigenvalue weighted by molar-refractivity contribution is 0.0527. The van der Waals surface area contributed by atoms with Gasteiger partial charge in [-0.2, -0.15) is 10.2 Å². The number of aryl methyl sites for hydroxylation is 1. The summed E-state index contributed by atoms with van der Waals surface area (Å²) >= 11 is 0.